The van der Waals surface area contributed by atoms with E-state index in [1.807, 2.05) is 0 Å². The molecule has 0 amide bonds. The molecule has 1 saturated carbocycles. The van der Waals surface area contributed by atoms with Crippen LogP contribution in [-0.2, 0) is 4.74 Å². The number of ether oxygens (including phenoxy) is 1. The Labute approximate surface area is 103 Å². The average Bonchev–Trinajstić information content (AvgIpc) is 2.29. The molecule has 0 heterocycles. The van der Waals surface area contributed by atoms with E-state index in [9.17, 15) is 0 Å². The van der Waals surface area contributed by atoms with Crippen LogP contribution in [0.1, 0.15) is 51.9 Å². The summed E-state index contributed by atoms with van der Waals surface area (Å²) in [5.74, 6) is 1.58. The second-order valence-corrected chi connectivity index (χ2v) is 5.50. The van der Waals surface area contributed by atoms with Gasteiger partial charge in [0.05, 0.1) is 6.61 Å². The zero-order valence-corrected chi connectivity index (χ0v) is 11.6. The SMILES string of the molecule is CCCC(CBr)COCC1CCCCC1. The quantitative estimate of drug-likeness (QED) is 0.627. The number of hydrogen-bond donors (Lipinski definition) is 0. The zero-order chi connectivity index (χ0) is 10.9. The summed E-state index contributed by atoms with van der Waals surface area (Å²) in [5, 5.41) is 1.09. The largest absolute Gasteiger partial charge is 0.381 e. The third-order valence-corrected chi connectivity index (χ3v) is 4.26. The lowest BCUT2D eigenvalue weighted by Gasteiger charge is -2.22. The fourth-order valence-corrected chi connectivity index (χ4v) is 2.88. The minimum atomic E-state index is 0.721. The highest BCUT2D eigenvalue weighted by Crippen LogP contribution is 2.24. The van der Waals surface area contributed by atoms with Crippen molar-refractivity contribution in [1.82, 2.24) is 0 Å². The molecular formula is C13H25BrO. The van der Waals surface area contributed by atoms with E-state index in [2.05, 4.69) is 22.9 Å². The van der Waals surface area contributed by atoms with E-state index in [-0.39, 0.29) is 0 Å². The van der Waals surface area contributed by atoms with Gasteiger partial charge < -0.3 is 4.74 Å². The highest BCUT2D eigenvalue weighted by atomic mass is 79.9. The number of hydrogen-bond acceptors (Lipinski definition) is 1. The number of rotatable bonds is 7. The maximum Gasteiger partial charge on any atom is 0.0502 e. The molecule has 0 bridgehead atoms. The molecule has 1 aliphatic carbocycles. The standard InChI is InChI=1S/C13H25BrO/c1-2-6-13(9-14)11-15-10-12-7-4-3-5-8-12/h12-13H,2-11H2,1H3. The predicted octanol–water partition coefficient (Wildman–Crippen LogP) is 4.39. The van der Waals surface area contributed by atoms with Crippen molar-refractivity contribution >= 4 is 15.9 Å². The molecule has 2 heteroatoms. The predicted molar refractivity (Wildman–Crippen MR) is 69.6 cm³/mol. The van der Waals surface area contributed by atoms with Crippen LogP contribution < -0.4 is 0 Å². The molecular weight excluding hydrogens is 252 g/mol. The maximum absolute atomic E-state index is 5.85. The Morgan fingerprint density at radius 1 is 1.27 bits per heavy atom. The summed E-state index contributed by atoms with van der Waals surface area (Å²) in [4.78, 5) is 0. The van der Waals surface area contributed by atoms with Crippen LogP contribution in [-0.4, -0.2) is 18.5 Å². The molecule has 1 unspecified atom stereocenters. The van der Waals surface area contributed by atoms with E-state index in [0.29, 0.717) is 0 Å². The third kappa shape index (κ3) is 5.91. The molecule has 1 fully saturated rings. The Kier molecular flexibility index (Phi) is 7.72. The Morgan fingerprint density at radius 2 is 2.00 bits per heavy atom. The second kappa shape index (κ2) is 8.58. The van der Waals surface area contributed by atoms with Gasteiger partial charge in [-0.05, 0) is 31.1 Å². The molecule has 1 rings (SSSR count). The van der Waals surface area contributed by atoms with Gasteiger partial charge in [-0.25, -0.2) is 0 Å². The first-order valence-corrected chi connectivity index (χ1v) is 7.62. The van der Waals surface area contributed by atoms with Crippen LogP contribution >= 0.6 is 15.9 Å². The van der Waals surface area contributed by atoms with Crippen molar-refractivity contribution < 1.29 is 4.74 Å². The first-order valence-electron chi connectivity index (χ1n) is 6.50. The molecule has 0 N–H and O–H groups in total. The molecule has 1 atom stereocenters. The van der Waals surface area contributed by atoms with Gasteiger partial charge in [0, 0.05) is 11.9 Å². The van der Waals surface area contributed by atoms with Crippen LogP contribution in [0.2, 0.25) is 0 Å². The molecule has 1 nitrogen and oxygen atoms in total. The van der Waals surface area contributed by atoms with Crippen molar-refractivity contribution in [2.24, 2.45) is 11.8 Å². The molecule has 0 aliphatic heterocycles. The van der Waals surface area contributed by atoms with E-state index < -0.39 is 0 Å². The fraction of sp³-hybridized carbons (Fsp3) is 1.00. The van der Waals surface area contributed by atoms with Gasteiger partial charge in [0.25, 0.3) is 0 Å². The molecule has 1 aliphatic rings. The third-order valence-electron chi connectivity index (χ3n) is 3.35. The summed E-state index contributed by atoms with van der Waals surface area (Å²) in [6.45, 7) is 4.21. The van der Waals surface area contributed by atoms with Crippen molar-refractivity contribution in [2.75, 3.05) is 18.5 Å². The monoisotopic (exact) mass is 276 g/mol. The topological polar surface area (TPSA) is 9.23 Å². The first-order chi connectivity index (χ1) is 7.36. The summed E-state index contributed by atoms with van der Waals surface area (Å²) in [6.07, 6.45) is 9.63. The van der Waals surface area contributed by atoms with Gasteiger partial charge in [-0.15, -0.1) is 0 Å². The molecule has 0 aromatic heterocycles. The average molecular weight is 277 g/mol. The second-order valence-electron chi connectivity index (χ2n) is 4.85. The van der Waals surface area contributed by atoms with E-state index in [1.165, 1.54) is 44.9 Å². The van der Waals surface area contributed by atoms with Crippen molar-refractivity contribution in [3.63, 3.8) is 0 Å². The maximum atomic E-state index is 5.85. The summed E-state index contributed by atoms with van der Waals surface area (Å²) < 4.78 is 5.85. The van der Waals surface area contributed by atoms with Crippen LogP contribution in [0.3, 0.4) is 0 Å². The van der Waals surface area contributed by atoms with E-state index in [1.54, 1.807) is 0 Å². The van der Waals surface area contributed by atoms with Gasteiger partial charge >= 0.3 is 0 Å². The van der Waals surface area contributed by atoms with Crippen LogP contribution in [0.4, 0.5) is 0 Å². The van der Waals surface area contributed by atoms with Gasteiger partial charge in [0.15, 0.2) is 0 Å². The zero-order valence-electron chi connectivity index (χ0n) is 10.0. The minimum Gasteiger partial charge on any atom is -0.381 e. The number of halogens is 1. The minimum absolute atomic E-state index is 0.721. The van der Waals surface area contributed by atoms with E-state index >= 15 is 0 Å². The molecule has 0 spiro atoms. The van der Waals surface area contributed by atoms with Crippen LogP contribution in [0, 0.1) is 11.8 Å². The van der Waals surface area contributed by atoms with Crippen molar-refractivity contribution in [3.8, 4) is 0 Å². The summed E-state index contributed by atoms with van der Waals surface area (Å²) in [6, 6.07) is 0. The molecule has 90 valence electrons. The number of alkyl halides is 1. The normalized spacial score (nSPS) is 20.4. The lowest BCUT2D eigenvalue weighted by molar-refractivity contribution is 0.0634. The molecule has 0 aromatic rings. The van der Waals surface area contributed by atoms with Gasteiger partial charge in [-0.2, -0.15) is 0 Å². The highest BCUT2D eigenvalue weighted by Gasteiger charge is 2.14. The Morgan fingerprint density at radius 3 is 2.60 bits per heavy atom. The van der Waals surface area contributed by atoms with E-state index in [0.717, 1.165) is 30.4 Å². The Balaban J connectivity index is 2.03. The summed E-state index contributed by atoms with van der Waals surface area (Å²) >= 11 is 3.56. The smallest absolute Gasteiger partial charge is 0.0502 e. The summed E-state index contributed by atoms with van der Waals surface area (Å²) in [5.41, 5.74) is 0. The molecule has 0 saturated heterocycles. The van der Waals surface area contributed by atoms with Crippen LogP contribution in [0.5, 0.6) is 0 Å². The fourth-order valence-electron chi connectivity index (χ4n) is 2.37. The van der Waals surface area contributed by atoms with Crippen LogP contribution in [0.15, 0.2) is 0 Å². The highest BCUT2D eigenvalue weighted by molar-refractivity contribution is 9.09. The molecule has 0 radical (unpaired) electrons. The molecule has 15 heavy (non-hydrogen) atoms. The molecule has 0 aromatic carbocycles. The summed E-state index contributed by atoms with van der Waals surface area (Å²) in [7, 11) is 0. The van der Waals surface area contributed by atoms with Crippen molar-refractivity contribution in [1.29, 1.82) is 0 Å². The van der Waals surface area contributed by atoms with Crippen molar-refractivity contribution in [2.45, 2.75) is 51.9 Å². The van der Waals surface area contributed by atoms with Gasteiger partial charge in [-0.3, -0.25) is 0 Å². The lowest BCUT2D eigenvalue weighted by atomic mass is 9.90. The Bertz CT molecular complexity index is 139. The van der Waals surface area contributed by atoms with Gasteiger partial charge in [0.2, 0.25) is 0 Å². The Hall–Kier alpha value is 0.440. The van der Waals surface area contributed by atoms with Crippen molar-refractivity contribution in [3.05, 3.63) is 0 Å². The van der Waals surface area contributed by atoms with Gasteiger partial charge in [-0.1, -0.05) is 48.5 Å². The lowest BCUT2D eigenvalue weighted by Crippen LogP contribution is -2.17. The van der Waals surface area contributed by atoms with Gasteiger partial charge in [0.1, 0.15) is 0 Å². The van der Waals surface area contributed by atoms with E-state index in [4.69, 9.17) is 4.74 Å². The van der Waals surface area contributed by atoms with Crippen LogP contribution in [0.25, 0.3) is 0 Å². The first kappa shape index (κ1) is 13.5.